The number of halogens is 18. The normalized spacial score (nSPS) is 21.1. The molecule has 0 radical (unpaired) electrons. The summed E-state index contributed by atoms with van der Waals surface area (Å²) in [6, 6.07) is 0. The summed E-state index contributed by atoms with van der Waals surface area (Å²) in [4.78, 5) is 25.0. The monoisotopic (exact) mass is 786 g/mol. The molecule has 1 aliphatic carbocycles. The summed E-state index contributed by atoms with van der Waals surface area (Å²) in [6.07, 6.45) is -12.6. The Bertz CT molecular complexity index is 1010. The molecule has 43 heavy (non-hydrogen) atoms. The van der Waals surface area contributed by atoms with Crippen LogP contribution in [0.3, 0.4) is 0 Å². The van der Waals surface area contributed by atoms with Gasteiger partial charge in [-0.25, -0.2) is 0 Å². The maximum absolute atomic E-state index is 14.7. The molecule has 0 N–H and O–H groups in total. The van der Waals surface area contributed by atoms with E-state index in [1.807, 2.05) is 0 Å². The lowest BCUT2D eigenvalue weighted by Gasteiger charge is -2.43. The molecule has 0 aromatic rings. The Labute approximate surface area is 244 Å². The van der Waals surface area contributed by atoms with E-state index in [-0.39, 0.29) is 0 Å². The second-order valence-electron chi connectivity index (χ2n) is 9.46. The molecule has 1 saturated carbocycles. The number of hydrogen-bond acceptors (Lipinski definition) is 4. The summed E-state index contributed by atoms with van der Waals surface area (Å²) >= 11 is 1.40. The first-order chi connectivity index (χ1) is 18.9. The van der Waals surface area contributed by atoms with E-state index in [9.17, 15) is 84.2 Å². The number of esters is 2. The predicted octanol–water partition coefficient (Wildman–Crippen LogP) is 7.96. The third kappa shape index (κ3) is 5.94. The molecule has 0 spiro atoms. The Hall–Kier alpha value is -1.52. The van der Waals surface area contributed by atoms with E-state index in [1.54, 1.807) is 0 Å². The summed E-state index contributed by atoms with van der Waals surface area (Å²) in [5, 5.41) is 0. The van der Waals surface area contributed by atoms with Gasteiger partial charge in [-0.2, -0.15) is 74.6 Å². The second-order valence-corrected chi connectivity index (χ2v) is 10.3. The highest BCUT2D eigenvalue weighted by atomic mass is 127. The fourth-order valence-electron chi connectivity index (χ4n) is 4.34. The van der Waals surface area contributed by atoms with Crippen LogP contribution in [0.15, 0.2) is 0 Å². The van der Waals surface area contributed by atoms with Gasteiger partial charge in [0, 0.05) is 10.8 Å². The molecule has 0 heterocycles. The summed E-state index contributed by atoms with van der Waals surface area (Å²) in [5.41, 5.74) is -2.53. The van der Waals surface area contributed by atoms with Crippen molar-refractivity contribution in [2.24, 2.45) is 17.3 Å². The molecule has 2 atom stereocenters. The molecule has 1 rings (SSSR count). The van der Waals surface area contributed by atoms with Crippen LogP contribution in [0, 0.1) is 17.3 Å². The smallest absolute Gasteiger partial charge is 0.460 e. The minimum absolute atomic E-state index is 0.423. The number of ether oxygens (including phenoxy) is 2. The molecule has 0 bridgehead atoms. The summed E-state index contributed by atoms with van der Waals surface area (Å²) in [6.45, 7) is 1.53. The van der Waals surface area contributed by atoms with Crippen LogP contribution < -0.4 is 0 Å². The van der Waals surface area contributed by atoms with Crippen molar-refractivity contribution in [2.45, 2.75) is 80.7 Å². The molecule has 0 amide bonds. The first kappa shape index (κ1) is 39.5. The van der Waals surface area contributed by atoms with Gasteiger partial charge in [-0.05, 0) is 38.5 Å². The Morgan fingerprint density at radius 1 is 0.605 bits per heavy atom. The quantitative estimate of drug-likeness (QED) is 0.0626. The standard InChI is InChI=1S/C21H20F17IO4/c1-3-42-11(40)13(12(41)43-4-2)5-9(10(6-13)8-39)7-14(22,23)15(24,25)16(26,27)17(28,29)18(30,31)19(32,33)20(34,35)21(36,37)38/h9-10H,3-8H2,1-2H3. The lowest BCUT2D eigenvalue weighted by molar-refractivity contribution is -0.462. The van der Waals surface area contributed by atoms with E-state index in [2.05, 4.69) is 9.47 Å². The van der Waals surface area contributed by atoms with Crippen LogP contribution in [0.1, 0.15) is 33.1 Å². The van der Waals surface area contributed by atoms with Gasteiger partial charge in [-0.3, -0.25) is 9.59 Å². The third-order valence-electron chi connectivity index (χ3n) is 6.72. The van der Waals surface area contributed by atoms with Gasteiger partial charge >= 0.3 is 59.6 Å². The molecule has 1 aliphatic rings. The average Bonchev–Trinajstić information content (AvgIpc) is 3.21. The van der Waals surface area contributed by atoms with Crippen LogP contribution in [0.2, 0.25) is 0 Å². The van der Waals surface area contributed by atoms with E-state index in [4.69, 9.17) is 0 Å². The van der Waals surface area contributed by atoms with Crippen LogP contribution in [0.25, 0.3) is 0 Å². The first-order valence-corrected chi connectivity index (χ1v) is 13.1. The lowest BCUT2D eigenvalue weighted by atomic mass is 9.82. The number of carbonyl (C=O) groups is 2. The second kappa shape index (κ2) is 12.0. The van der Waals surface area contributed by atoms with Gasteiger partial charge < -0.3 is 9.47 Å². The van der Waals surface area contributed by atoms with Crippen molar-refractivity contribution in [1.29, 1.82) is 0 Å². The SMILES string of the molecule is CCOC(=O)C1(C(=O)OCC)CC(CI)C(CC(F)(F)C(F)(F)C(F)(F)C(F)(F)C(F)(F)C(F)(F)C(F)(F)C(F)(F)F)C1. The van der Waals surface area contributed by atoms with Crippen molar-refractivity contribution < 1.29 is 93.7 Å². The molecule has 0 aliphatic heterocycles. The van der Waals surface area contributed by atoms with Crippen molar-refractivity contribution in [3.63, 3.8) is 0 Å². The minimum Gasteiger partial charge on any atom is -0.465 e. The topological polar surface area (TPSA) is 52.6 Å². The van der Waals surface area contributed by atoms with Crippen molar-refractivity contribution in [3.05, 3.63) is 0 Å². The zero-order valence-electron chi connectivity index (χ0n) is 21.3. The number of hydrogen-bond donors (Lipinski definition) is 0. The van der Waals surface area contributed by atoms with Crippen LogP contribution in [0.5, 0.6) is 0 Å². The van der Waals surface area contributed by atoms with Gasteiger partial charge in [0.05, 0.1) is 13.2 Å². The van der Waals surface area contributed by atoms with Gasteiger partial charge in [-0.1, -0.05) is 22.6 Å². The van der Waals surface area contributed by atoms with Gasteiger partial charge in [0.1, 0.15) is 0 Å². The van der Waals surface area contributed by atoms with Crippen LogP contribution in [-0.2, 0) is 19.1 Å². The zero-order chi connectivity index (χ0) is 34.5. The number of carbonyl (C=O) groups excluding carboxylic acids is 2. The number of alkyl halides is 18. The van der Waals surface area contributed by atoms with E-state index in [0.29, 0.717) is 0 Å². The molecule has 2 unspecified atom stereocenters. The highest BCUT2D eigenvalue weighted by Gasteiger charge is 2.95. The summed E-state index contributed by atoms with van der Waals surface area (Å²) in [7, 11) is 0. The maximum Gasteiger partial charge on any atom is 0.460 e. The Kier molecular flexibility index (Phi) is 11.0. The maximum atomic E-state index is 14.7. The van der Waals surface area contributed by atoms with E-state index >= 15 is 0 Å². The summed E-state index contributed by atoms with van der Waals surface area (Å²) in [5.74, 6) is -63.7. The molecule has 0 aromatic carbocycles. The third-order valence-corrected chi connectivity index (χ3v) is 7.86. The van der Waals surface area contributed by atoms with Crippen molar-refractivity contribution in [1.82, 2.24) is 0 Å². The molecule has 0 aromatic heterocycles. The zero-order valence-corrected chi connectivity index (χ0v) is 23.5. The molecule has 4 nitrogen and oxygen atoms in total. The summed E-state index contributed by atoms with van der Waals surface area (Å²) < 4.78 is 240. The van der Waals surface area contributed by atoms with E-state index in [1.165, 1.54) is 36.4 Å². The van der Waals surface area contributed by atoms with Gasteiger partial charge in [0.2, 0.25) is 0 Å². The first-order valence-electron chi connectivity index (χ1n) is 11.6. The fraction of sp³-hybridized carbons (Fsp3) is 0.905. The highest BCUT2D eigenvalue weighted by molar-refractivity contribution is 14.1. The minimum atomic E-state index is -8.72. The Morgan fingerprint density at radius 2 is 0.930 bits per heavy atom. The van der Waals surface area contributed by atoms with Crippen LogP contribution in [0.4, 0.5) is 74.6 Å². The van der Waals surface area contributed by atoms with Gasteiger partial charge in [-0.15, -0.1) is 0 Å². The van der Waals surface area contributed by atoms with Crippen molar-refractivity contribution >= 4 is 34.5 Å². The Morgan fingerprint density at radius 3 is 1.26 bits per heavy atom. The Balaban J connectivity index is 3.63. The molecular formula is C21H20F17IO4. The average molecular weight is 786 g/mol. The largest absolute Gasteiger partial charge is 0.465 e. The predicted molar refractivity (Wildman–Crippen MR) is 116 cm³/mol. The molecule has 0 saturated heterocycles. The molecule has 1 fully saturated rings. The van der Waals surface area contributed by atoms with E-state index in [0.717, 1.165) is 0 Å². The number of rotatable bonds is 13. The van der Waals surface area contributed by atoms with Crippen molar-refractivity contribution in [2.75, 3.05) is 17.6 Å². The van der Waals surface area contributed by atoms with E-state index < -0.39 is 114 Å². The van der Waals surface area contributed by atoms with Crippen molar-refractivity contribution in [3.8, 4) is 0 Å². The molecule has 254 valence electrons. The van der Waals surface area contributed by atoms with Gasteiger partial charge in [0.25, 0.3) is 0 Å². The van der Waals surface area contributed by atoms with Crippen LogP contribution >= 0.6 is 22.6 Å². The highest BCUT2D eigenvalue weighted by Crippen LogP contribution is 2.65. The lowest BCUT2D eigenvalue weighted by Crippen LogP contribution is -2.74. The van der Waals surface area contributed by atoms with Gasteiger partial charge in [0.15, 0.2) is 5.41 Å². The fourth-order valence-corrected chi connectivity index (χ4v) is 5.37. The molecular weight excluding hydrogens is 766 g/mol. The molecule has 22 heteroatoms. The van der Waals surface area contributed by atoms with Crippen LogP contribution in [-0.4, -0.2) is 77.2 Å².